The number of aromatic carboxylic acids is 1. The Morgan fingerprint density at radius 1 is 1.38 bits per heavy atom. The van der Waals surface area contributed by atoms with Crippen molar-refractivity contribution in [2.24, 2.45) is 0 Å². The first kappa shape index (κ1) is 15.3. The van der Waals surface area contributed by atoms with Gasteiger partial charge in [-0.15, -0.1) is 11.3 Å². The summed E-state index contributed by atoms with van der Waals surface area (Å²) in [5.74, 6) is -1.01. The zero-order valence-corrected chi connectivity index (χ0v) is 13.2. The molecular weight excluding hydrogens is 286 g/mol. The Balaban J connectivity index is 2.18. The molecule has 112 valence electrons. The molecule has 6 heteroatoms. The van der Waals surface area contributed by atoms with Crippen LogP contribution in [-0.4, -0.2) is 29.1 Å². The van der Waals surface area contributed by atoms with Crippen molar-refractivity contribution in [1.29, 1.82) is 0 Å². The van der Waals surface area contributed by atoms with Crippen LogP contribution in [0.25, 0.3) is 0 Å². The largest absolute Gasteiger partial charge is 0.476 e. The number of aromatic nitrogens is 1. The third kappa shape index (κ3) is 3.52. The smallest absolute Gasteiger partial charge is 0.355 e. The quantitative estimate of drug-likeness (QED) is 0.851. The SMILES string of the molecule is CCN(CC)c1ccc(Nc2nc(C(=O)O)cs2)c(C)c1. The Hall–Kier alpha value is -2.08. The molecule has 0 aliphatic heterocycles. The first-order valence-electron chi connectivity index (χ1n) is 6.86. The molecule has 0 saturated heterocycles. The van der Waals surface area contributed by atoms with E-state index in [1.54, 1.807) is 0 Å². The molecule has 0 fully saturated rings. The van der Waals surface area contributed by atoms with E-state index < -0.39 is 5.97 Å². The summed E-state index contributed by atoms with van der Waals surface area (Å²) in [5, 5.41) is 14.2. The zero-order chi connectivity index (χ0) is 15.4. The molecule has 2 rings (SSSR count). The first-order valence-corrected chi connectivity index (χ1v) is 7.74. The van der Waals surface area contributed by atoms with Gasteiger partial charge in [-0.3, -0.25) is 0 Å². The molecule has 0 unspecified atom stereocenters. The molecule has 0 aliphatic rings. The van der Waals surface area contributed by atoms with E-state index in [9.17, 15) is 4.79 Å². The molecule has 1 aromatic heterocycles. The fraction of sp³-hybridized carbons (Fsp3) is 0.333. The highest BCUT2D eigenvalue weighted by Crippen LogP contribution is 2.27. The molecule has 0 bridgehead atoms. The standard InChI is InChI=1S/C15H19N3O2S/c1-4-18(5-2)11-6-7-12(10(3)8-11)16-15-17-13(9-21-15)14(19)20/h6-9H,4-5H2,1-3H3,(H,16,17)(H,19,20). The number of anilines is 3. The molecule has 2 N–H and O–H groups in total. The van der Waals surface area contributed by atoms with Crippen LogP contribution in [0.3, 0.4) is 0 Å². The van der Waals surface area contributed by atoms with E-state index in [2.05, 4.69) is 41.2 Å². The van der Waals surface area contributed by atoms with Crippen molar-refractivity contribution < 1.29 is 9.90 Å². The summed E-state index contributed by atoms with van der Waals surface area (Å²) in [7, 11) is 0. The van der Waals surface area contributed by atoms with Crippen molar-refractivity contribution in [2.75, 3.05) is 23.3 Å². The van der Waals surface area contributed by atoms with E-state index in [-0.39, 0.29) is 5.69 Å². The summed E-state index contributed by atoms with van der Waals surface area (Å²) in [6.07, 6.45) is 0. The molecule has 0 spiro atoms. The van der Waals surface area contributed by atoms with Crippen molar-refractivity contribution in [3.8, 4) is 0 Å². The number of thiazole rings is 1. The summed E-state index contributed by atoms with van der Waals surface area (Å²) < 4.78 is 0. The van der Waals surface area contributed by atoms with Crippen LogP contribution in [0.5, 0.6) is 0 Å². The molecular formula is C15H19N3O2S. The normalized spacial score (nSPS) is 10.4. The van der Waals surface area contributed by atoms with Crippen LogP contribution in [0.15, 0.2) is 23.6 Å². The second-order valence-corrected chi connectivity index (χ2v) is 5.50. The maximum atomic E-state index is 10.8. The summed E-state index contributed by atoms with van der Waals surface area (Å²) in [4.78, 5) is 17.1. The van der Waals surface area contributed by atoms with Gasteiger partial charge in [-0.05, 0) is 44.5 Å². The maximum Gasteiger partial charge on any atom is 0.355 e. The zero-order valence-electron chi connectivity index (χ0n) is 12.4. The van der Waals surface area contributed by atoms with Crippen molar-refractivity contribution >= 4 is 33.8 Å². The summed E-state index contributed by atoms with van der Waals surface area (Å²) in [6, 6.07) is 6.19. The van der Waals surface area contributed by atoms with Gasteiger partial charge in [0.15, 0.2) is 10.8 Å². The number of hydrogen-bond acceptors (Lipinski definition) is 5. The van der Waals surface area contributed by atoms with Gasteiger partial charge in [0, 0.05) is 29.8 Å². The first-order chi connectivity index (χ1) is 10.0. The minimum Gasteiger partial charge on any atom is -0.476 e. The van der Waals surface area contributed by atoms with Crippen molar-refractivity contribution in [2.45, 2.75) is 20.8 Å². The lowest BCUT2D eigenvalue weighted by Crippen LogP contribution is -2.21. The van der Waals surface area contributed by atoms with Crippen molar-refractivity contribution in [3.05, 3.63) is 34.8 Å². The fourth-order valence-electron chi connectivity index (χ4n) is 2.12. The monoisotopic (exact) mass is 305 g/mol. The van der Waals surface area contributed by atoms with Gasteiger partial charge in [-0.25, -0.2) is 9.78 Å². The van der Waals surface area contributed by atoms with Crippen LogP contribution in [0.2, 0.25) is 0 Å². The Bertz CT molecular complexity index is 636. The van der Waals surface area contributed by atoms with E-state index >= 15 is 0 Å². The van der Waals surface area contributed by atoms with E-state index in [0.29, 0.717) is 5.13 Å². The Morgan fingerprint density at radius 2 is 2.10 bits per heavy atom. The predicted molar refractivity (Wildman–Crippen MR) is 87.1 cm³/mol. The van der Waals surface area contributed by atoms with Gasteiger partial charge < -0.3 is 15.3 Å². The number of aryl methyl sites for hydroxylation is 1. The minimum atomic E-state index is -1.01. The van der Waals surface area contributed by atoms with Gasteiger partial charge in [0.05, 0.1) is 0 Å². The molecule has 2 aromatic rings. The molecule has 1 heterocycles. The van der Waals surface area contributed by atoms with Crippen LogP contribution in [0.1, 0.15) is 29.9 Å². The van der Waals surface area contributed by atoms with Crippen LogP contribution < -0.4 is 10.2 Å². The van der Waals surface area contributed by atoms with Crippen molar-refractivity contribution in [3.63, 3.8) is 0 Å². The number of rotatable bonds is 6. The highest BCUT2D eigenvalue weighted by atomic mass is 32.1. The van der Waals surface area contributed by atoms with Crippen LogP contribution in [0.4, 0.5) is 16.5 Å². The third-order valence-corrected chi connectivity index (χ3v) is 4.06. The van der Waals surface area contributed by atoms with E-state index in [0.717, 1.165) is 24.3 Å². The lowest BCUT2D eigenvalue weighted by molar-refractivity contribution is 0.0691. The molecule has 21 heavy (non-hydrogen) atoms. The highest BCUT2D eigenvalue weighted by molar-refractivity contribution is 7.14. The number of carbonyl (C=O) groups is 1. The van der Waals surface area contributed by atoms with Gasteiger partial charge in [0.25, 0.3) is 0 Å². The van der Waals surface area contributed by atoms with Gasteiger partial charge in [0.2, 0.25) is 0 Å². The summed E-state index contributed by atoms with van der Waals surface area (Å²) in [6.45, 7) is 8.23. The molecule has 0 amide bonds. The number of nitrogens with one attached hydrogen (secondary N) is 1. The average Bonchev–Trinajstić information content (AvgIpc) is 2.92. The topological polar surface area (TPSA) is 65.5 Å². The predicted octanol–water partition coefficient (Wildman–Crippen LogP) is 3.74. The van der Waals surface area contributed by atoms with Gasteiger partial charge in [0.1, 0.15) is 0 Å². The highest BCUT2D eigenvalue weighted by Gasteiger charge is 2.10. The van der Waals surface area contributed by atoms with Crippen molar-refractivity contribution in [1.82, 2.24) is 4.98 Å². The molecule has 0 radical (unpaired) electrons. The second kappa shape index (κ2) is 6.58. The molecule has 0 aliphatic carbocycles. The van der Waals surface area contributed by atoms with Crippen LogP contribution in [-0.2, 0) is 0 Å². The van der Waals surface area contributed by atoms with Gasteiger partial charge >= 0.3 is 5.97 Å². The average molecular weight is 305 g/mol. The Labute approximate surface area is 128 Å². The minimum absolute atomic E-state index is 0.0694. The molecule has 5 nitrogen and oxygen atoms in total. The number of hydrogen-bond donors (Lipinski definition) is 2. The van der Waals surface area contributed by atoms with E-state index in [1.807, 2.05) is 13.0 Å². The van der Waals surface area contributed by atoms with E-state index in [1.165, 1.54) is 22.4 Å². The summed E-state index contributed by atoms with van der Waals surface area (Å²) >= 11 is 1.29. The third-order valence-electron chi connectivity index (χ3n) is 3.30. The van der Waals surface area contributed by atoms with Crippen LogP contribution in [0, 0.1) is 6.92 Å². The second-order valence-electron chi connectivity index (χ2n) is 4.64. The molecule has 0 saturated carbocycles. The lowest BCUT2D eigenvalue weighted by atomic mass is 10.1. The summed E-state index contributed by atoms with van der Waals surface area (Å²) in [5.41, 5.74) is 3.30. The molecule has 1 aromatic carbocycles. The lowest BCUT2D eigenvalue weighted by Gasteiger charge is -2.22. The fourth-order valence-corrected chi connectivity index (χ4v) is 2.81. The number of carboxylic acids is 1. The Morgan fingerprint density at radius 3 is 2.62 bits per heavy atom. The number of carboxylic acid groups (broad SMARTS) is 1. The van der Waals surface area contributed by atoms with Crippen LogP contribution >= 0.6 is 11.3 Å². The van der Waals surface area contributed by atoms with Gasteiger partial charge in [-0.2, -0.15) is 0 Å². The Kier molecular flexibility index (Phi) is 4.80. The van der Waals surface area contributed by atoms with Gasteiger partial charge in [-0.1, -0.05) is 0 Å². The number of benzene rings is 1. The number of nitrogens with zero attached hydrogens (tertiary/aromatic N) is 2. The van der Waals surface area contributed by atoms with E-state index in [4.69, 9.17) is 5.11 Å². The maximum absolute atomic E-state index is 10.8. The molecule has 0 atom stereocenters.